The first kappa shape index (κ1) is 19.9. The first-order valence-electron chi connectivity index (χ1n) is 10.7. The number of benzene rings is 1. The van der Waals surface area contributed by atoms with Crippen molar-refractivity contribution in [1.29, 1.82) is 0 Å². The van der Waals surface area contributed by atoms with Crippen molar-refractivity contribution in [3.63, 3.8) is 0 Å². The van der Waals surface area contributed by atoms with Crippen LogP contribution in [0.2, 0.25) is 0 Å². The Morgan fingerprint density at radius 3 is 2.90 bits per heavy atom. The molecule has 3 aromatic heterocycles. The maximum absolute atomic E-state index is 14.2. The minimum absolute atomic E-state index is 0.109. The molecular weight excluding hydrogens is 411 g/mol. The van der Waals surface area contributed by atoms with Gasteiger partial charge >= 0.3 is 0 Å². The van der Waals surface area contributed by atoms with Crippen LogP contribution in [0.25, 0.3) is 16.2 Å². The zero-order valence-electron chi connectivity index (χ0n) is 17.7. The molecule has 0 bridgehead atoms. The van der Waals surface area contributed by atoms with Crippen molar-refractivity contribution in [2.24, 2.45) is 0 Å². The molecular formula is C23H25FN6S. The molecule has 4 heterocycles. The first-order valence-corrected chi connectivity index (χ1v) is 11.6. The van der Waals surface area contributed by atoms with Gasteiger partial charge in [-0.3, -0.25) is 0 Å². The minimum Gasteiger partial charge on any atom is -0.382 e. The first-order chi connectivity index (χ1) is 15.0. The van der Waals surface area contributed by atoms with E-state index in [0.29, 0.717) is 11.5 Å². The summed E-state index contributed by atoms with van der Waals surface area (Å²) in [6.45, 7) is 4.99. The van der Waals surface area contributed by atoms with Crippen LogP contribution < -0.4 is 10.6 Å². The zero-order chi connectivity index (χ0) is 21.5. The van der Waals surface area contributed by atoms with Gasteiger partial charge in [0, 0.05) is 23.8 Å². The summed E-state index contributed by atoms with van der Waals surface area (Å²) in [5.41, 5.74) is 10.9. The summed E-state index contributed by atoms with van der Waals surface area (Å²) in [6, 6.07) is 7.27. The molecule has 0 saturated carbocycles. The molecule has 4 aromatic rings. The Labute approximate surface area is 184 Å². The fourth-order valence-electron chi connectivity index (χ4n) is 4.51. The molecule has 8 heteroatoms. The van der Waals surface area contributed by atoms with E-state index in [0.717, 1.165) is 59.9 Å². The van der Waals surface area contributed by atoms with E-state index in [4.69, 9.17) is 10.7 Å². The summed E-state index contributed by atoms with van der Waals surface area (Å²) in [7, 11) is 0. The van der Waals surface area contributed by atoms with Gasteiger partial charge in [0.25, 0.3) is 0 Å². The quantitative estimate of drug-likeness (QED) is 0.467. The Morgan fingerprint density at radius 2 is 2.13 bits per heavy atom. The molecule has 0 aliphatic carbocycles. The fourth-order valence-corrected chi connectivity index (χ4v) is 5.35. The van der Waals surface area contributed by atoms with Gasteiger partial charge in [0.15, 0.2) is 11.5 Å². The molecule has 6 nitrogen and oxygen atoms in total. The number of nitrogen functional groups attached to an aromatic ring is 1. The summed E-state index contributed by atoms with van der Waals surface area (Å²) in [4.78, 5) is 11.8. The van der Waals surface area contributed by atoms with Gasteiger partial charge in [-0.05, 0) is 55.5 Å². The van der Waals surface area contributed by atoms with Crippen molar-refractivity contribution in [2.75, 3.05) is 17.2 Å². The number of hydrogen-bond donors (Lipinski definition) is 1. The van der Waals surface area contributed by atoms with Gasteiger partial charge in [-0.2, -0.15) is 0 Å². The minimum atomic E-state index is -0.185. The van der Waals surface area contributed by atoms with E-state index in [9.17, 15) is 4.39 Å². The van der Waals surface area contributed by atoms with E-state index >= 15 is 0 Å². The second-order valence-electron chi connectivity index (χ2n) is 8.05. The van der Waals surface area contributed by atoms with Crippen molar-refractivity contribution < 1.29 is 4.39 Å². The van der Waals surface area contributed by atoms with E-state index in [1.807, 2.05) is 30.6 Å². The molecule has 1 atom stereocenters. The van der Waals surface area contributed by atoms with Gasteiger partial charge in [0.05, 0.1) is 11.6 Å². The second-order valence-corrected chi connectivity index (χ2v) is 8.91. The van der Waals surface area contributed by atoms with Crippen LogP contribution in [-0.2, 0) is 6.42 Å². The van der Waals surface area contributed by atoms with Gasteiger partial charge in [0.2, 0.25) is 0 Å². The lowest BCUT2D eigenvalue weighted by atomic mass is 9.95. The van der Waals surface area contributed by atoms with Crippen LogP contribution in [0.4, 0.5) is 16.0 Å². The van der Waals surface area contributed by atoms with Gasteiger partial charge in [-0.25, -0.2) is 18.9 Å². The number of nitrogens with zero attached hydrogens (tertiary/aromatic N) is 5. The predicted octanol–water partition coefficient (Wildman–Crippen LogP) is 5.18. The van der Waals surface area contributed by atoms with Gasteiger partial charge in [0.1, 0.15) is 16.6 Å². The van der Waals surface area contributed by atoms with Crippen molar-refractivity contribution >= 4 is 28.6 Å². The molecule has 1 saturated heterocycles. The topological polar surface area (TPSA) is 72.3 Å². The van der Waals surface area contributed by atoms with Crippen LogP contribution in [0.3, 0.4) is 0 Å². The van der Waals surface area contributed by atoms with Crippen LogP contribution in [0, 0.1) is 12.7 Å². The average Bonchev–Trinajstić information content (AvgIpc) is 3.46. The van der Waals surface area contributed by atoms with E-state index in [-0.39, 0.29) is 11.9 Å². The van der Waals surface area contributed by atoms with Gasteiger partial charge in [-0.15, -0.1) is 16.4 Å². The SMILES string of the molecule is CCCc1ccc(F)cc1C1CCCN1c1ccn2nc(N)c(-c3nc(C)cs3)c2n1. The number of rotatable bonds is 5. The Bertz CT molecular complexity index is 1250. The van der Waals surface area contributed by atoms with E-state index in [2.05, 4.69) is 21.9 Å². The highest BCUT2D eigenvalue weighted by molar-refractivity contribution is 7.13. The molecule has 0 spiro atoms. The molecule has 2 N–H and O–H groups in total. The number of halogens is 1. The molecule has 31 heavy (non-hydrogen) atoms. The molecule has 1 aromatic carbocycles. The largest absolute Gasteiger partial charge is 0.382 e. The fraction of sp³-hybridized carbons (Fsp3) is 0.348. The Morgan fingerprint density at radius 1 is 1.26 bits per heavy atom. The molecule has 0 radical (unpaired) electrons. The molecule has 0 amide bonds. The molecule has 1 aliphatic heterocycles. The van der Waals surface area contributed by atoms with Crippen molar-refractivity contribution in [3.8, 4) is 10.6 Å². The summed E-state index contributed by atoms with van der Waals surface area (Å²) in [5, 5.41) is 7.24. The highest BCUT2D eigenvalue weighted by atomic mass is 32.1. The molecule has 1 aliphatic rings. The average molecular weight is 437 g/mol. The Kier molecular flexibility index (Phi) is 5.09. The number of thiazole rings is 1. The summed E-state index contributed by atoms with van der Waals surface area (Å²) < 4.78 is 15.9. The maximum Gasteiger partial charge on any atom is 0.169 e. The van der Waals surface area contributed by atoms with Gasteiger partial charge in [-0.1, -0.05) is 19.4 Å². The monoisotopic (exact) mass is 436 g/mol. The van der Waals surface area contributed by atoms with E-state index in [1.165, 1.54) is 5.56 Å². The van der Waals surface area contributed by atoms with Crippen LogP contribution in [0.15, 0.2) is 35.8 Å². The number of aromatic nitrogens is 4. The summed E-state index contributed by atoms with van der Waals surface area (Å²) >= 11 is 1.54. The Hall–Kier alpha value is -3.00. The highest BCUT2D eigenvalue weighted by Crippen LogP contribution is 2.39. The third-order valence-corrected chi connectivity index (χ3v) is 6.84. The number of hydrogen-bond acceptors (Lipinski definition) is 6. The van der Waals surface area contributed by atoms with Crippen molar-refractivity contribution in [1.82, 2.24) is 19.6 Å². The molecule has 1 fully saturated rings. The second kappa shape index (κ2) is 7.92. The standard InChI is InChI=1S/C23H25FN6S/c1-3-5-15-7-8-16(24)12-17(15)18-6-4-10-29(18)19-9-11-30-22(27-19)20(21(25)28-30)23-26-14(2)13-31-23/h7-9,11-13,18H,3-6,10H2,1-2H3,(H2,25,28). The number of fused-ring (bicyclic) bond motifs is 1. The third kappa shape index (κ3) is 3.54. The smallest absolute Gasteiger partial charge is 0.169 e. The molecule has 1 unspecified atom stereocenters. The lowest BCUT2D eigenvalue weighted by molar-refractivity contribution is 0.614. The van der Waals surface area contributed by atoms with Crippen LogP contribution in [0.5, 0.6) is 0 Å². The third-order valence-electron chi connectivity index (χ3n) is 5.86. The normalized spacial score (nSPS) is 16.5. The number of aryl methyl sites for hydroxylation is 2. The van der Waals surface area contributed by atoms with Crippen molar-refractivity contribution in [2.45, 2.75) is 45.6 Å². The lowest BCUT2D eigenvalue weighted by Gasteiger charge is -2.28. The molecule has 5 rings (SSSR count). The number of anilines is 2. The maximum atomic E-state index is 14.2. The number of nitrogens with two attached hydrogens (primary N) is 1. The summed E-state index contributed by atoms with van der Waals surface area (Å²) in [6.07, 6.45) is 5.89. The van der Waals surface area contributed by atoms with E-state index < -0.39 is 0 Å². The van der Waals surface area contributed by atoms with E-state index in [1.54, 1.807) is 28.0 Å². The zero-order valence-corrected chi connectivity index (χ0v) is 18.5. The highest BCUT2D eigenvalue weighted by Gasteiger charge is 2.30. The van der Waals surface area contributed by atoms with Crippen LogP contribution in [-0.4, -0.2) is 26.1 Å². The van der Waals surface area contributed by atoms with Crippen molar-refractivity contribution in [3.05, 3.63) is 58.5 Å². The molecule has 160 valence electrons. The summed E-state index contributed by atoms with van der Waals surface area (Å²) in [5.74, 6) is 1.10. The van der Waals surface area contributed by atoms with Crippen LogP contribution in [0.1, 0.15) is 49.0 Å². The van der Waals surface area contributed by atoms with Crippen LogP contribution >= 0.6 is 11.3 Å². The Balaban J connectivity index is 1.58. The van der Waals surface area contributed by atoms with Gasteiger partial charge < -0.3 is 10.6 Å². The predicted molar refractivity (Wildman–Crippen MR) is 123 cm³/mol. The lowest BCUT2D eigenvalue weighted by Crippen LogP contribution is -2.24.